The van der Waals surface area contributed by atoms with Crippen LogP contribution in [0.4, 0.5) is 0 Å². The van der Waals surface area contributed by atoms with E-state index in [1.54, 1.807) is 10.9 Å². The molecule has 11 heteroatoms. The van der Waals surface area contributed by atoms with Gasteiger partial charge in [0.15, 0.2) is 0 Å². The van der Waals surface area contributed by atoms with Crippen LogP contribution in [0.25, 0.3) is 16.7 Å². The van der Waals surface area contributed by atoms with Gasteiger partial charge < -0.3 is 15.7 Å². The highest BCUT2D eigenvalue weighted by atomic mass is 16.4. The molecule has 6 rings (SSSR count). The van der Waals surface area contributed by atoms with E-state index in [9.17, 15) is 19.5 Å². The zero-order valence-electron chi connectivity index (χ0n) is 22.5. The number of nitrogens with one attached hydrogen (secondary N) is 2. The molecule has 2 aliphatic carbocycles. The van der Waals surface area contributed by atoms with E-state index in [-0.39, 0.29) is 30.5 Å². The number of aliphatic carboxylic acids is 1. The van der Waals surface area contributed by atoms with Gasteiger partial charge in [-0.05, 0) is 60.9 Å². The maximum atomic E-state index is 12.9. The Balaban J connectivity index is 1.12. The summed E-state index contributed by atoms with van der Waals surface area (Å²) in [5, 5.41) is 24.0. The van der Waals surface area contributed by atoms with Crippen molar-refractivity contribution >= 4 is 28.8 Å². The molecule has 2 aliphatic rings. The number of aromatic nitrogens is 5. The first-order valence-electron chi connectivity index (χ1n) is 14.0. The van der Waals surface area contributed by atoms with Crippen molar-refractivity contribution in [2.45, 2.75) is 69.4 Å². The van der Waals surface area contributed by atoms with Crippen molar-refractivity contribution in [3.05, 3.63) is 77.4 Å². The number of carboxylic acid groups (broad SMARTS) is 1. The van der Waals surface area contributed by atoms with Gasteiger partial charge in [0.25, 0.3) is 5.91 Å². The van der Waals surface area contributed by atoms with Gasteiger partial charge in [-0.2, -0.15) is 0 Å². The predicted molar refractivity (Wildman–Crippen MR) is 149 cm³/mol. The molecule has 2 heterocycles. The summed E-state index contributed by atoms with van der Waals surface area (Å²) in [6.07, 6.45) is 8.96. The topological polar surface area (TPSA) is 152 Å². The molecule has 41 heavy (non-hydrogen) atoms. The second kappa shape index (κ2) is 11.1. The Labute approximate surface area is 236 Å². The normalized spacial score (nSPS) is 16.3. The van der Waals surface area contributed by atoms with E-state index in [1.807, 2.05) is 42.5 Å². The number of nitrogens with zero attached hydrogens (tertiary/aromatic N) is 5. The number of hydrogen-bond donors (Lipinski definition) is 3. The van der Waals surface area contributed by atoms with E-state index in [4.69, 9.17) is 0 Å². The number of rotatable bonds is 9. The Morgan fingerprint density at radius 3 is 2.56 bits per heavy atom. The molecule has 2 aromatic heterocycles. The van der Waals surface area contributed by atoms with E-state index in [1.165, 1.54) is 6.20 Å². The van der Waals surface area contributed by atoms with E-state index in [0.717, 1.165) is 54.4 Å². The van der Waals surface area contributed by atoms with Crippen molar-refractivity contribution in [1.29, 1.82) is 0 Å². The van der Waals surface area contributed by atoms with Crippen molar-refractivity contribution < 1.29 is 19.5 Å². The molecule has 0 spiro atoms. The lowest BCUT2D eigenvalue weighted by molar-refractivity contribution is -0.149. The summed E-state index contributed by atoms with van der Waals surface area (Å²) in [5.74, 6) is -1.21. The number of carbonyl (C=O) groups excluding carboxylic acids is 2. The molecule has 2 fully saturated rings. The van der Waals surface area contributed by atoms with Crippen LogP contribution in [0, 0.1) is 0 Å². The van der Waals surface area contributed by atoms with Crippen molar-refractivity contribution in [2.24, 2.45) is 0 Å². The Morgan fingerprint density at radius 1 is 1.02 bits per heavy atom. The van der Waals surface area contributed by atoms with Crippen LogP contribution in [0.1, 0.15) is 78.2 Å². The van der Waals surface area contributed by atoms with Crippen LogP contribution in [0.5, 0.6) is 0 Å². The quantitative estimate of drug-likeness (QED) is 0.285. The van der Waals surface area contributed by atoms with Crippen molar-refractivity contribution in [2.75, 3.05) is 0 Å². The molecule has 2 amide bonds. The molecule has 0 bridgehead atoms. The van der Waals surface area contributed by atoms with Crippen molar-refractivity contribution in [1.82, 2.24) is 35.6 Å². The number of benzene rings is 2. The molecule has 0 aliphatic heterocycles. The average Bonchev–Trinajstić information content (AvgIpc) is 3.73. The van der Waals surface area contributed by atoms with Crippen LogP contribution in [-0.2, 0) is 22.6 Å². The third kappa shape index (κ3) is 5.79. The fourth-order valence-electron chi connectivity index (χ4n) is 5.51. The monoisotopic (exact) mass is 553 g/mol. The summed E-state index contributed by atoms with van der Waals surface area (Å²) < 4.78 is 1.69. The summed E-state index contributed by atoms with van der Waals surface area (Å²) in [6, 6.07) is 13.2. The Bertz CT molecular complexity index is 1620. The van der Waals surface area contributed by atoms with Gasteiger partial charge in [0.2, 0.25) is 5.91 Å². The van der Waals surface area contributed by atoms with Crippen LogP contribution in [0.3, 0.4) is 0 Å². The summed E-state index contributed by atoms with van der Waals surface area (Å²) in [4.78, 5) is 46.2. The highest BCUT2D eigenvalue weighted by molar-refractivity contribution is 5.93. The molecule has 0 atom stereocenters. The molecule has 2 aromatic carbocycles. The van der Waals surface area contributed by atoms with Crippen LogP contribution in [-0.4, -0.2) is 53.4 Å². The second-order valence-corrected chi connectivity index (χ2v) is 10.9. The summed E-state index contributed by atoms with van der Waals surface area (Å²) >= 11 is 0. The fourth-order valence-corrected chi connectivity index (χ4v) is 5.51. The number of carbonyl (C=O) groups is 3. The van der Waals surface area contributed by atoms with Crippen LogP contribution in [0.15, 0.2) is 54.9 Å². The van der Waals surface area contributed by atoms with Gasteiger partial charge in [0.1, 0.15) is 16.9 Å². The van der Waals surface area contributed by atoms with Crippen LogP contribution < -0.4 is 10.6 Å². The Kier molecular flexibility index (Phi) is 7.17. The SMILES string of the molecule is O=C(Cc1ccc(-n2cc(CNC(=O)c3cnc4ccccc4n3)nn2)c(C2CC2)c1)NC1(C(=O)O)CCCCC1. The average molecular weight is 554 g/mol. The second-order valence-electron chi connectivity index (χ2n) is 10.9. The van der Waals surface area contributed by atoms with E-state index >= 15 is 0 Å². The van der Waals surface area contributed by atoms with E-state index < -0.39 is 11.5 Å². The van der Waals surface area contributed by atoms with Crippen LogP contribution in [0.2, 0.25) is 0 Å². The van der Waals surface area contributed by atoms with E-state index in [2.05, 4.69) is 30.9 Å². The minimum absolute atomic E-state index is 0.112. The molecule has 0 radical (unpaired) electrons. The molecule has 0 saturated heterocycles. The first-order valence-corrected chi connectivity index (χ1v) is 14.0. The number of para-hydroxylation sites is 2. The minimum atomic E-state index is -1.16. The Morgan fingerprint density at radius 2 is 1.80 bits per heavy atom. The predicted octanol–water partition coefficient (Wildman–Crippen LogP) is 3.46. The maximum absolute atomic E-state index is 12.9. The highest BCUT2D eigenvalue weighted by Crippen LogP contribution is 2.43. The largest absolute Gasteiger partial charge is 0.480 e. The maximum Gasteiger partial charge on any atom is 0.329 e. The zero-order valence-corrected chi connectivity index (χ0v) is 22.5. The molecule has 2 saturated carbocycles. The smallest absolute Gasteiger partial charge is 0.329 e. The summed E-state index contributed by atoms with van der Waals surface area (Å²) in [6.45, 7) is 0.176. The highest BCUT2D eigenvalue weighted by Gasteiger charge is 2.40. The molecule has 0 unspecified atom stereocenters. The van der Waals surface area contributed by atoms with Gasteiger partial charge in [0.05, 0.1) is 42.1 Å². The van der Waals surface area contributed by atoms with Gasteiger partial charge in [-0.3, -0.25) is 14.6 Å². The molecule has 3 N–H and O–H groups in total. The van der Waals surface area contributed by atoms with Gasteiger partial charge >= 0.3 is 5.97 Å². The lowest BCUT2D eigenvalue weighted by Crippen LogP contribution is -2.55. The molecule has 4 aromatic rings. The number of fused-ring (bicyclic) bond motifs is 1. The van der Waals surface area contributed by atoms with Gasteiger partial charge in [0, 0.05) is 0 Å². The lowest BCUT2D eigenvalue weighted by atomic mass is 9.81. The zero-order chi connectivity index (χ0) is 28.4. The van der Waals surface area contributed by atoms with Crippen molar-refractivity contribution in [3.63, 3.8) is 0 Å². The summed E-state index contributed by atoms with van der Waals surface area (Å²) in [7, 11) is 0. The Hall–Kier alpha value is -4.67. The number of carboxylic acids is 1. The van der Waals surface area contributed by atoms with Crippen LogP contribution >= 0.6 is 0 Å². The summed E-state index contributed by atoms with van der Waals surface area (Å²) in [5.41, 5.74) is 3.79. The van der Waals surface area contributed by atoms with E-state index in [0.29, 0.717) is 30.0 Å². The minimum Gasteiger partial charge on any atom is -0.480 e. The third-order valence-electron chi connectivity index (χ3n) is 7.87. The third-order valence-corrected chi connectivity index (χ3v) is 7.87. The molecular weight excluding hydrogens is 522 g/mol. The van der Waals surface area contributed by atoms with Gasteiger partial charge in [-0.1, -0.05) is 48.7 Å². The molecule has 11 nitrogen and oxygen atoms in total. The first-order chi connectivity index (χ1) is 19.9. The molecule has 210 valence electrons. The number of hydrogen-bond acceptors (Lipinski definition) is 7. The van der Waals surface area contributed by atoms with Crippen molar-refractivity contribution in [3.8, 4) is 5.69 Å². The standard InChI is InChI=1S/C30H31N7O4/c38-27(34-30(29(40)41)12-4-1-5-13-30)15-19-8-11-26(22(14-19)20-9-10-20)37-18-21(35-36-37)16-32-28(39)25-17-31-23-6-2-3-7-24(23)33-25/h2-3,6-8,11,14,17-18,20H,1,4-5,9-10,12-13,15-16H2,(H,32,39)(H,34,38)(H,40,41). The lowest BCUT2D eigenvalue weighted by Gasteiger charge is -2.34. The van der Waals surface area contributed by atoms with Gasteiger partial charge in [-0.15, -0.1) is 5.10 Å². The first kappa shape index (κ1) is 26.5. The van der Waals surface area contributed by atoms with Gasteiger partial charge in [-0.25, -0.2) is 14.5 Å². The molecular formula is C30H31N7O4. The number of amides is 2. The fraction of sp³-hybridized carbons (Fsp3) is 0.367.